The van der Waals surface area contributed by atoms with E-state index in [2.05, 4.69) is 15.3 Å². The third-order valence-corrected chi connectivity index (χ3v) is 3.45. The predicted molar refractivity (Wildman–Crippen MR) is 76.8 cm³/mol. The molecule has 1 aliphatic rings. The lowest BCUT2D eigenvalue weighted by Gasteiger charge is -2.24. The van der Waals surface area contributed by atoms with Crippen LogP contribution in [0.4, 0.5) is 5.82 Å². The molecule has 1 N–H and O–H groups in total. The summed E-state index contributed by atoms with van der Waals surface area (Å²) in [6, 6.07) is 1.50. The number of halogens is 1. The molecule has 2 heterocycles. The Bertz CT molecular complexity index is 483. The lowest BCUT2D eigenvalue weighted by molar-refractivity contribution is -0.121. The number of amides is 1. The number of aromatic nitrogens is 2. The van der Waals surface area contributed by atoms with Crippen molar-refractivity contribution in [1.82, 2.24) is 15.3 Å². The summed E-state index contributed by atoms with van der Waals surface area (Å²) < 4.78 is 5.31. The highest BCUT2D eigenvalue weighted by molar-refractivity contribution is 6.29. The highest BCUT2D eigenvalue weighted by atomic mass is 35.5. The Kier molecular flexibility index (Phi) is 5.14. The maximum absolute atomic E-state index is 11.9. The zero-order chi connectivity index (χ0) is 14.5. The number of ether oxygens (including phenoxy) is 1. The molecule has 0 aromatic carbocycles. The standard InChI is InChI=1S/C13H19ClN4O2/c1-3-20-8-11-16-10(14)7-12(17-11)18-6-4-5-9(18)13(19)15-2/h7,9H,3-6,8H2,1-2H3,(H,15,19). The van der Waals surface area contributed by atoms with Gasteiger partial charge in [-0.1, -0.05) is 11.6 Å². The van der Waals surface area contributed by atoms with Crippen molar-refractivity contribution in [3.63, 3.8) is 0 Å². The largest absolute Gasteiger partial charge is 0.374 e. The summed E-state index contributed by atoms with van der Waals surface area (Å²) in [5.74, 6) is 1.23. The minimum atomic E-state index is -0.189. The highest BCUT2D eigenvalue weighted by Crippen LogP contribution is 2.25. The Morgan fingerprint density at radius 1 is 1.60 bits per heavy atom. The fourth-order valence-electron chi connectivity index (χ4n) is 2.34. The van der Waals surface area contributed by atoms with Gasteiger partial charge in [-0.3, -0.25) is 4.79 Å². The van der Waals surface area contributed by atoms with Crippen LogP contribution in [-0.4, -0.2) is 42.1 Å². The number of carbonyl (C=O) groups excluding carboxylic acids is 1. The zero-order valence-electron chi connectivity index (χ0n) is 11.7. The van der Waals surface area contributed by atoms with E-state index in [-0.39, 0.29) is 11.9 Å². The van der Waals surface area contributed by atoms with Gasteiger partial charge in [0, 0.05) is 26.3 Å². The summed E-state index contributed by atoms with van der Waals surface area (Å²) >= 11 is 6.03. The second-order valence-corrected chi connectivity index (χ2v) is 4.96. The molecule has 1 atom stereocenters. The van der Waals surface area contributed by atoms with E-state index in [4.69, 9.17) is 16.3 Å². The molecule has 1 saturated heterocycles. The Morgan fingerprint density at radius 3 is 3.10 bits per heavy atom. The molecule has 110 valence electrons. The van der Waals surface area contributed by atoms with E-state index >= 15 is 0 Å². The molecule has 0 bridgehead atoms. The molecule has 1 aliphatic heterocycles. The molecule has 7 heteroatoms. The number of carbonyl (C=O) groups is 1. The Morgan fingerprint density at radius 2 is 2.40 bits per heavy atom. The van der Waals surface area contributed by atoms with Gasteiger partial charge in [0.25, 0.3) is 0 Å². The first-order valence-corrected chi connectivity index (χ1v) is 7.13. The van der Waals surface area contributed by atoms with Gasteiger partial charge in [0.2, 0.25) is 5.91 Å². The van der Waals surface area contributed by atoms with Gasteiger partial charge in [-0.2, -0.15) is 0 Å². The lowest BCUT2D eigenvalue weighted by Crippen LogP contribution is -2.42. The molecule has 0 radical (unpaired) electrons. The van der Waals surface area contributed by atoms with Gasteiger partial charge in [-0.05, 0) is 19.8 Å². The predicted octanol–water partition coefficient (Wildman–Crippen LogP) is 1.38. The molecule has 1 fully saturated rings. The molecule has 1 unspecified atom stereocenters. The fourth-order valence-corrected chi connectivity index (χ4v) is 2.53. The van der Waals surface area contributed by atoms with Gasteiger partial charge in [0.1, 0.15) is 23.6 Å². The summed E-state index contributed by atoms with van der Waals surface area (Å²) in [5.41, 5.74) is 0. The van der Waals surface area contributed by atoms with Crippen molar-refractivity contribution in [2.45, 2.75) is 32.4 Å². The van der Waals surface area contributed by atoms with Gasteiger partial charge in [0.15, 0.2) is 5.82 Å². The van der Waals surface area contributed by atoms with E-state index in [0.717, 1.165) is 19.4 Å². The van der Waals surface area contributed by atoms with Crippen molar-refractivity contribution in [2.24, 2.45) is 0 Å². The van der Waals surface area contributed by atoms with Crippen molar-refractivity contribution in [3.05, 3.63) is 17.0 Å². The number of hydrogen-bond acceptors (Lipinski definition) is 5. The summed E-state index contributed by atoms with van der Waals surface area (Å²) in [4.78, 5) is 22.4. The van der Waals surface area contributed by atoms with Crippen molar-refractivity contribution in [3.8, 4) is 0 Å². The smallest absolute Gasteiger partial charge is 0.242 e. The second-order valence-electron chi connectivity index (χ2n) is 4.57. The molecular formula is C13H19ClN4O2. The van der Waals surface area contributed by atoms with Crippen molar-refractivity contribution in [1.29, 1.82) is 0 Å². The number of rotatable bonds is 5. The van der Waals surface area contributed by atoms with Crippen LogP contribution in [0.25, 0.3) is 0 Å². The van der Waals surface area contributed by atoms with Crippen molar-refractivity contribution in [2.75, 3.05) is 25.1 Å². The number of nitrogens with one attached hydrogen (secondary N) is 1. The monoisotopic (exact) mass is 298 g/mol. The molecule has 0 spiro atoms. The topological polar surface area (TPSA) is 67.3 Å². The molecule has 0 aliphatic carbocycles. The first kappa shape index (κ1) is 15.0. The van der Waals surface area contributed by atoms with E-state index in [9.17, 15) is 4.79 Å². The van der Waals surface area contributed by atoms with Gasteiger partial charge in [-0.25, -0.2) is 9.97 Å². The van der Waals surface area contributed by atoms with Gasteiger partial charge in [0.05, 0.1) is 0 Å². The quantitative estimate of drug-likeness (QED) is 0.832. The van der Waals surface area contributed by atoms with Crippen LogP contribution >= 0.6 is 11.6 Å². The van der Waals surface area contributed by atoms with Crippen LogP contribution in [0.5, 0.6) is 0 Å². The average Bonchev–Trinajstić information content (AvgIpc) is 2.93. The molecule has 6 nitrogen and oxygen atoms in total. The number of anilines is 1. The van der Waals surface area contributed by atoms with Gasteiger partial charge in [-0.15, -0.1) is 0 Å². The highest BCUT2D eigenvalue weighted by Gasteiger charge is 2.31. The molecule has 1 aromatic heterocycles. The van der Waals surface area contributed by atoms with E-state index < -0.39 is 0 Å². The number of likely N-dealkylation sites (N-methyl/N-ethyl adjacent to an activating group) is 1. The number of nitrogens with zero attached hydrogens (tertiary/aromatic N) is 3. The van der Waals surface area contributed by atoms with Crippen LogP contribution in [0, 0.1) is 0 Å². The molecule has 20 heavy (non-hydrogen) atoms. The first-order valence-electron chi connectivity index (χ1n) is 6.75. The van der Waals surface area contributed by atoms with Gasteiger partial charge < -0.3 is 15.0 Å². The average molecular weight is 299 g/mol. The third kappa shape index (κ3) is 3.37. The van der Waals surface area contributed by atoms with Crippen LogP contribution in [-0.2, 0) is 16.1 Å². The normalized spacial score (nSPS) is 18.4. The van der Waals surface area contributed by atoms with Crippen LogP contribution < -0.4 is 10.2 Å². The van der Waals surface area contributed by atoms with E-state index in [1.807, 2.05) is 11.8 Å². The minimum absolute atomic E-state index is 0.00333. The van der Waals surface area contributed by atoms with E-state index in [1.165, 1.54) is 0 Å². The summed E-state index contributed by atoms with van der Waals surface area (Å²) in [6.07, 6.45) is 1.78. The van der Waals surface area contributed by atoms with E-state index in [1.54, 1.807) is 13.1 Å². The molecule has 1 aromatic rings. The van der Waals surface area contributed by atoms with Crippen molar-refractivity contribution < 1.29 is 9.53 Å². The summed E-state index contributed by atoms with van der Waals surface area (Å²) in [5, 5.41) is 3.06. The fraction of sp³-hybridized carbons (Fsp3) is 0.615. The SMILES string of the molecule is CCOCc1nc(Cl)cc(N2CCCC2C(=O)NC)n1. The molecular weight excluding hydrogens is 280 g/mol. The maximum Gasteiger partial charge on any atom is 0.242 e. The van der Waals surface area contributed by atoms with E-state index in [0.29, 0.717) is 30.0 Å². The van der Waals surface area contributed by atoms with Crippen LogP contribution in [0.2, 0.25) is 5.15 Å². The van der Waals surface area contributed by atoms with Crippen molar-refractivity contribution >= 4 is 23.3 Å². The lowest BCUT2D eigenvalue weighted by atomic mass is 10.2. The summed E-state index contributed by atoms with van der Waals surface area (Å²) in [7, 11) is 1.65. The molecule has 0 saturated carbocycles. The maximum atomic E-state index is 11.9. The number of hydrogen-bond donors (Lipinski definition) is 1. The first-order chi connectivity index (χ1) is 9.65. The van der Waals surface area contributed by atoms with Crippen LogP contribution in [0.3, 0.4) is 0 Å². The Hall–Kier alpha value is -1.40. The van der Waals surface area contributed by atoms with Crippen LogP contribution in [0.1, 0.15) is 25.6 Å². The minimum Gasteiger partial charge on any atom is -0.374 e. The van der Waals surface area contributed by atoms with Crippen LogP contribution in [0.15, 0.2) is 6.07 Å². The molecule has 1 amide bonds. The molecule has 2 rings (SSSR count). The van der Waals surface area contributed by atoms with Gasteiger partial charge >= 0.3 is 0 Å². The second kappa shape index (κ2) is 6.85. The zero-order valence-corrected chi connectivity index (χ0v) is 12.5. The Balaban J connectivity index is 2.22. The summed E-state index contributed by atoms with van der Waals surface area (Å²) in [6.45, 7) is 3.62. The third-order valence-electron chi connectivity index (χ3n) is 3.26. The Labute approximate surface area is 123 Å².